The molecule has 9 heteroatoms. The molecule has 1 aromatic rings. The summed E-state index contributed by atoms with van der Waals surface area (Å²) < 4.78 is 16.9. The molecule has 32 heavy (non-hydrogen) atoms. The molecular formula is C23H43N3O5Si. The minimum Gasteiger partial charge on any atom is -0.530 e. The molecule has 2 N–H and O–H groups in total. The van der Waals surface area contributed by atoms with Crippen molar-refractivity contribution >= 4 is 20.4 Å². The lowest BCUT2D eigenvalue weighted by Gasteiger charge is -2.35. The fourth-order valence-corrected chi connectivity index (χ4v) is 3.51. The summed E-state index contributed by atoms with van der Waals surface area (Å²) in [4.78, 5) is 24.5. The first-order valence-electron chi connectivity index (χ1n) is 11.2. The van der Waals surface area contributed by atoms with E-state index in [4.69, 9.17) is 13.9 Å². The van der Waals surface area contributed by atoms with Crippen molar-refractivity contribution in [2.75, 3.05) is 6.61 Å². The summed E-state index contributed by atoms with van der Waals surface area (Å²) >= 11 is 0. The van der Waals surface area contributed by atoms with E-state index in [9.17, 15) is 9.59 Å². The molecule has 0 aromatic carbocycles. The first-order chi connectivity index (χ1) is 14.3. The van der Waals surface area contributed by atoms with Crippen molar-refractivity contribution < 1.29 is 23.5 Å². The third kappa shape index (κ3) is 9.22. The molecule has 8 nitrogen and oxygen atoms in total. The van der Waals surface area contributed by atoms with Crippen molar-refractivity contribution in [2.24, 2.45) is 5.41 Å². The molecule has 0 aliphatic rings. The summed E-state index contributed by atoms with van der Waals surface area (Å²) in [5.74, 6) is -0.0621. The number of ether oxygens (including phenoxy) is 2. The molecule has 0 saturated carbocycles. The van der Waals surface area contributed by atoms with Gasteiger partial charge in [-0.25, -0.2) is 9.59 Å². The minimum atomic E-state index is -2.04. The van der Waals surface area contributed by atoms with Gasteiger partial charge in [0.25, 0.3) is 8.32 Å². The molecule has 0 saturated heterocycles. The SMILES string of the molecule is CC(C)(C)OC(=O)N[C@H](CCCOC(=O)c1cc(O[Si](C)(C)C(C)(C)C)n[nH]1)C(C)(C)C. The summed E-state index contributed by atoms with van der Waals surface area (Å²) in [6.07, 6.45) is 0.810. The summed E-state index contributed by atoms with van der Waals surface area (Å²) in [6, 6.07) is 1.47. The van der Waals surface area contributed by atoms with Gasteiger partial charge in [-0.05, 0) is 57.2 Å². The zero-order valence-corrected chi connectivity index (χ0v) is 22.8. The highest BCUT2D eigenvalue weighted by atomic mass is 28.4. The van der Waals surface area contributed by atoms with Crippen molar-refractivity contribution in [1.29, 1.82) is 0 Å². The van der Waals surface area contributed by atoms with E-state index in [1.165, 1.54) is 0 Å². The molecule has 1 atom stereocenters. The quantitative estimate of drug-likeness (QED) is 0.289. The Morgan fingerprint density at radius 2 is 1.69 bits per heavy atom. The van der Waals surface area contributed by atoms with Crippen molar-refractivity contribution in [3.05, 3.63) is 11.8 Å². The molecule has 1 amide bonds. The van der Waals surface area contributed by atoms with Crippen LogP contribution in [0.1, 0.15) is 85.6 Å². The number of aromatic nitrogens is 2. The van der Waals surface area contributed by atoms with Crippen LogP contribution in [0.5, 0.6) is 5.88 Å². The van der Waals surface area contributed by atoms with Gasteiger partial charge in [0.2, 0.25) is 5.88 Å². The Morgan fingerprint density at radius 1 is 1.09 bits per heavy atom. The predicted octanol–water partition coefficient (Wildman–Crippen LogP) is 5.67. The Labute approximate surface area is 194 Å². The van der Waals surface area contributed by atoms with Crippen LogP contribution in [0.15, 0.2) is 6.07 Å². The zero-order valence-electron chi connectivity index (χ0n) is 21.8. The topological polar surface area (TPSA) is 103 Å². The van der Waals surface area contributed by atoms with E-state index in [-0.39, 0.29) is 28.8 Å². The number of carbonyl (C=O) groups excluding carboxylic acids is 2. The summed E-state index contributed by atoms with van der Waals surface area (Å²) in [5, 5.41) is 9.78. The van der Waals surface area contributed by atoms with Gasteiger partial charge in [-0.2, -0.15) is 0 Å². The minimum absolute atomic E-state index is 0.0313. The van der Waals surface area contributed by atoms with Crippen molar-refractivity contribution in [3.8, 4) is 5.88 Å². The van der Waals surface area contributed by atoms with Crippen LogP contribution >= 0.6 is 0 Å². The monoisotopic (exact) mass is 469 g/mol. The molecule has 1 rings (SSSR count). The smallest absolute Gasteiger partial charge is 0.407 e. The largest absolute Gasteiger partial charge is 0.530 e. The lowest BCUT2D eigenvalue weighted by molar-refractivity contribution is 0.0419. The average Bonchev–Trinajstić information content (AvgIpc) is 3.01. The van der Waals surface area contributed by atoms with Crippen molar-refractivity contribution in [3.63, 3.8) is 0 Å². The first-order valence-corrected chi connectivity index (χ1v) is 14.1. The van der Waals surface area contributed by atoms with Crippen LogP contribution in [-0.4, -0.2) is 48.8 Å². The van der Waals surface area contributed by atoms with Crippen LogP contribution in [0.2, 0.25) is 18.1 Å². The summed E-state index contributed by atoms with van der Waals surface area (Å²) in [5.41, 5.74) is -0.461. The lowest BCUT2D eigenvalue weighted by atomic mass is 9.84. The molecule has 1 aromatic heterocycles. The van der Waals surface area contributed by atoms with E-state index < -0.39 is 26.0 Å². The van der Waals surface area contributed by atoms with Crippen molar-refractivity contribution in [1.82, 2.24) is 15.5 Å². The first kappa shape index (κ1) is 28.0. The maximum atomic E-state index is 12.4. The predicted molar refractivity (Wildman–Crippen MR) is 129 cm³/mol. The molecule has 0 aliphatic carbocycles. The van der Waals surface area contributed by atoms with Crippen LogP contribution in [-0.2, 0) is 9.47 Å². The van der Waals surface area contributed by atoms with Gasteiger partial charge in [0.05, 0.1) is 6.61 Å². The highest BCUT2D eigenvalue weighted by Gasteiger charge is 2.39. The highest BCUT2D eigenvalue weighted by molar-refractivity contribution is 6.74. The Morgan fingerprint density at radius 3 is 2.19 bits per heavy atom. The molecule has 0 fully saturated rings. The Hall–Kier alpha value is -2.03. The summed E-state index contributed by atoms with van der Waals surface area (Å²) in [7, 11) is -2.04. The number of rotatable bonds is 8. The Bertz CT molecular complexity index is 770. The van der Waals surface area contributed by atoms with E-state index in [0.29, 0.717) is 18.7 Å². The van der Waals surface area contributed by atoms with Gasteiger partial charge in [0, 0.05) is 12.1 Å². The van der Waals surface area contributed by atoms with Gasteiger partial charge in [-0.1, -0.05) is 41.5 Å². The maximum Gasteiger partial charge on any atom is 0.407 e. The standard InChI is InChI=1S/C23H43N3O5Si/c1-21(2,3)17(24-20(28)30-22(4,5)6)13-12-14-29-19(27)16-15-18(26-25-16)31-32(10,11)23(7,8)9/h15,17H,12-14H2,1-11H3,(H,24,28)(H,25,26)/t17-/m1/s1. The Balaban J connectivity index is 2.57. The number of carbonyl (C=O) groups is 2. The van der Waals surface area contributed by atoms with Crippen LogP contribution in [0.3, 0.4) is 0 Å². The second-order valence-corrected chi connectivity index (χ2v) is 16.5. The molecule has 0 aliphatic heterocycles. The number of nitrogens with one attached hydrogen (secondary N) is 2. The second kappa shape index (κ2) is 10.3. The molecule has 0 unspecified atom stereocenters. The normalized spacial score (nSPS) is 14.0. The molecule has 1 heterocycles. The average molecular weight is 470 g/mol. The zero-order chi connectivity index (χ0) is 25.0. The number of hydrogen-bond acceptors (Lipinski definition) is 6. The van der Waals surface area contributed by atoms with Gasteiger partial charge in [-0.15, -0.1) is 5.10 Å². The lowest BCUT2D eigenvalue weighted by Crippen LogP contribution is -2.45. The van der Waals surface area contributed by atoms with Crippen LogP contribution in [0, 0.1) is 5.41 Å². The number of alkyl carbamates (subject to hydrolysis) is 1. The van der Waals surface area contributed by atoms with Gasteiger partial charge in [0.1, 0.15) is 11.3 Å². The fraction of sp³-hybridized carbons (Fsp3) is 0.783. The van der Waals surface area contributed by atoms with Crippen molar-refractivity contribution in [2.45, 2.75) is 105 Å². The van der Waals surface area contributed by atoms with Gasteiger partial charge < -0.3 is 19.2 Å². The highest BCUT2D eigenvalue weighted by Crippen LogP contribution is 2.37. The second-order valence-electron chi connectivity index (χ2n) is 11.8. The number of hydrogen-bond donors (Lipinski definition) is 2. The molecular weight excluding hydrogens is 426 g/mol. The maximum absolute atomic E-state index is 12.4. The number of nitrogens with zero attached hydrogens (tertiary/aromatic N) is 1. The van der Waals surface area contributed by atoms with Crippen LogP contribution in [0.4, 0.5) is 4.79 Å². The fourth-order valence-electron chi connectivity index (χ4n) is 2.58. The number of H-pyrrole nitrogens is 1. The number of amides is 1. The van der Waals surface area contributed by atoms with Crippen LogP contribution < -0.4 is 9.74 Å². The van der Waals surface area contributed by atoms with Gasteiger partial charge in [0.15, 0.2) is 0 Å². The third-order valence-electron chi connectivity index (χ3n) is 5.55. The summed E-state index contributed by atoms with van der Waals surface area (Å²) in [6.45, 7) is 22.5. The van der Waals surface area contributed by atoms with E-state index in [1.54, 1.807) is 6.07 Å². The van der Waals surface area contributed by atoms with Gasteiger partial charge >= 0.3 is 12.1 Å². The molecule has 0 radical (unpaired) electrons. The van der Waals surface area contributed by atoms with E-state index >= 15 is 0 Å². The Kier molecular flexibility index (Phi) is 8.99. The van der Waals surface area contributed by atoms with E-state index in [2.05, 4.69) is 70.2 Å². The van der Waals surface area contributed by atoms with Gasteiger partial charge in [-0.3, -0.25) is 5.10 Å². The molecule has 0 bridgehead atoms. The molecule has 0 spiro atoms. The third-order valence-corrected chi connectivity index (χ3v) is 9.88. The van der Waals surface area contributed by atoms with E-state index in [0.717, 1.165) is 0 Å². The number of esters is 1. The van der Waals surface area contributed by atoms with E-state index in [1.807, 2.05) is 20.8 Å². The molecule has 184 valence electrons. The number of aromatic amines is 1. The van der Waals surface area contributed by atoms with Crippen LogP contribution in [0.25, 0.3) is 0 Å².